The van der Waals surface area contributed by atoms with Crippen LogP contribution in [0.2, 0.25) is 18.6 Å². The molecule has 0 aromatic heterocycles. The quantitative estimate of drug-likeness (QED) is 0.598. The summed E-state index contributed by atoms with van der Waals surface area (Å²) in [5, 5.41) is 0. The van der Waals surface area contributed by atoms with E-state index in [4.69, 9.17) is 0 Å². The van der Waals surface area contributed by atoms with Crippen LogP contribution >= 0.6 is 0 Å². The lowest BCUT2D eigenvalue weighted by Crippen LogP contribution is -2.45. The highest BCUT2D eigenvalue weighted by atomic mass is 28.3. The second kappa shape index (κ2) is 2.72. The minimum Gasteiger partial charge on any atom is -0.340 e. The molecule has 10 heavy (non-hydrogen) atoms. The van der Waals surface area contributed by atoms with E-state index in [0.29, 0.717) is 5.54 Å². The summed E-state index contributed by atoms with van der Waals surface area (Å²) in [6, 6.07) is 0. The van der Waals surface area contributed by atoms with Crippen LogP contribution in [0.15, 0.2) is 24.3 Å². The highest BCUT2D eigenvalue weighted by Gasteiger charge is 2.27. The first kappa shape index (κ1) is 7.76. The molecule has 1 nitrogen and oxygen atoms in total. The molecule has 1 N–H and O–H groups in total. The van der Waals surface area contributed by atoms with Crippen molar-refractivity contribution in [1.82, 2.24) is 4.98 Å². The number of nitrogens with one attached hydrogen (secondary N) is 1. The molecule has 0 spiro atoms. The summed E-state index contributed by atoms with van der Waals surface area (Å²) in [6.45, 7) is 4.69. The Balaban J connectivity index is 2.64. The minimum atomic E-state index is -1.17. The molecule has 0 fully saturated rings. The Kier molecular flexibility index (Phi) is 2.11. The Morgan fingerprint density at radius 3 is 2.10 bits per heavy atom. The van der Waals surface area contributed by atoms with E-state index in [1.54, 1.807) is 0 Å². The third kappa shape index (κ3) is 1.38. The van der Waals surface area contributed by atoms with Gasteiger partial charge in [-0.2, -0.15) is 0 Å². The Hall–Kier alpha value is -0.343. The molecule has 0 aromatic carbocycles. The zero-order valence-electron chi connectivity index (χ0n) is 6.89. The summed E-state index contributed by atoms with van der Waals surface area (Å²) in [5.74, 6) is 0. The molecule has 0 heterocycles. The number of rotatable bonds is 2. The smallest absolute Gasteiger partial charge is 0.129 e. The van der Waals surface area contributed by atoms with Crippen LogP contribution in [0.4, 0.5) is 0 Å². The molecule has 1 rings (SSSR count). The van der Waals surface area contributed by atoms with Crippen LogP contribution in [0.25, 0.3) is 0 Å². The molecule has 0 radical (unpaired) electrons. The maximum Gasteiger partial charge on any atom is 0.129 e. The molecule has 0 saturated heterocycles. The molecule has 0 unspecified atom stereocenters. The van der Waals surface area contributed by atoms with Crippen molar-refractivity contribution in [3.05, 3.63) is 24.3 Å². The summed E-state index contributed by atoms with van der Waals surface area (Å²) in [7, 11) is 0.894. The van der Waals surface area contributed by atoms with Crippen LogP contribution < -0.4 is 4.98 Å². The number of hydrogen-bond acceptors (Lipinski definition) is 1. The van der Waals surface area contributed by atoms with Crippen molar-refractivity contribution in [2.24, 2.45) is 0 Å². The average Bonchev–Trinajstić information content (AvgIpc) is 2.38. The summed E-state index contributed by atoms with van der Waals surface area (Å²) in [4.78, 5) is 3.42. The van der Waals surface area contributed by atoms with Crippen molar-refractivity contribution in [2.45, 2.75) is 18.6 Å². The molecular weight excluding hydrogens is 138 g/mol. The van der Waals surface area contributed by atoms with Gasteiger partial charge in [0.1, 0.15) is 8.24 Å². The first-order valence-corrected chi connectivity index (χ1v) is 6.78. The predicted octanol–water partition coefficient (Wildman–Crippen LogP) is 1.91. The van der Waals surface area contributed by atoms with Crippen LogP contribution in [0.1, 0.15) is 0 Å². The fraction of sp³-hybridized carbons (Fsp3) is 0.500. The number of allylic oxidation sites excluding steroid dienone is 4. The fourth-order valence-corrected chi connectivity index (χ4v) is 2.60. The van der Waals surface area contributed by atoms with Crippen molar-refractivity contribution >= 4 is 8.24 Å². The Labute approximate surface area is 63.9 Å². The molecule has 0 aromatic rings. The van der Waals surface area contributed by atoms with E-state index in [2.05, 4.69) is 49.4 Å². The lowest BCUT2D eigenvalue weighted by atomic mass is 10.5. The van der Waals surface area contributed by atoms with Crippen molar-refractivity contribution in [3.63, 3.8) is 0 Å². The predicted molar refractivity (Wildman–Crippen MR) is 48.6 cm³/mol. The van der Waals surface area contributed by atoms with Crippen LogP contribution in [0.5, 0.6) is 0 Å². The third-order valence-corrected chi connectivity index (χ3v) is 5.57. The van der Waals surface area contributed by atoms with Gasteiger partial charge in [0.25, 0.3) is 0 Å². The third-order valence-electron chi connectivity index (χ3n) is 2.23. The molecule has 0 aliphatic heterocycles. The van der Waals surface area contributed by atoms with Gasteiger partial charge >= 0.3 is 0 Å². The van der Waals surface area contributed by atoms with E-state index >= 15 is 0 Å². The van der Waals surface area contributed by atoms with Gasteiger partial charge in [-0.05, 0) is 7.05 Å². The first-order chi connectivity index (χ1) is 4.67. The lowest BCUT2D eigenvalue weighted by molar-refractivity contribution is 1.09. The van der Waals surface area contributed by atoms with Gasteiger partial charge in [0.05, 0.1) is 0 Å². The molecular formula is C8H15NSi. The second-order valence-corrected chi connectivity index (χ2v) is 7.88. The van der Waals surface area contributed by atoms with Crippen molar-refractivity contribution in [2.75, 3.05) is 7.05 Å². The van der Waals surface area contributed by atoms with Gasteiger partial charge in [0.15, 0.2) is 0 Å². The van der Waals surface area contributed by atoms with E-state index in [1.165, 1.54) is 0 Å². The van der Waals surface area contributed by atoms with E-state index in [-0.39, 0.29) is 0 Å². The van der Waals surface area contributed by atoms with Crippen LogP contribution in [0.3, 0.4) is 0 Å². The topological polar surface area (TPSA) is 12.0 Å². The van der Waals surface area contributed by atoms with E-state index in [9.17, 15) is 0 Å². The van der Waals surface area contributed by atoms with E-state index < -0.39 is 8.24 Å². The zero-order valence-corrected chi connectivity index (χ0v) is 7.89. The molecule has 0 saturated carbocycles. The standard InChI is InChI=1S/C8H15NSi/c1-9-10(2,3)8-6-4-5-7-8/h4-9H,1-3H3. The highest BCUT2D eigenvalue weighted by molar-refractivity contribution is 6.77. The monoisotopic (exact) mass is 153 g/mol. The SMILES string of the molecule is CN[Si](C)(C)C1C=CC=C1. The maximum atomic E-state index is 3.42. The van der Waals surface area contributed by atoms with Gasteiger partial charge < -0.3 is 4.98 Å². The summed E-state index contributed by atoms with van der Waals surface area (Å²) < 4.78 is 0. The van der Waals surface area contributed by atoms with Gasteiger partial charge in [-0.15, -0.1) is 0 Å². The molecule has 1 aliphatic carbocycles. The zero-order chi connectivity index (χ0) is 7.61. The normalized spacial score (nSPS) is 18.7. The first-order valence-electron chi connectivity index (χ1n) is 3.71. The van der Waals surface area contributed by atoms with Crippen LogP contribution in [0, 0.1) is 0 Å². The second-order valence-electron chi connectivity index (χ2n) is 3.27. The Bertz CT molecular complexity index is 158. The molecule has 2 heteroatoms. The lowest BCUT2D eigenvalue weighted by Gasteiger charge is -2.25. The van der Waals surface area contributed by atoms with Gasteiger partial charge in [0.2, 0.25) is 0 Å². The number of hydrogen-bond donors (Lipinski definition) is 1. The van der Waals surface area contributed by atoms with Gasteiger partial charge in [-0.25, -0.2) is 0 Å². The van der Waals surface area contributed by atoms with Crippen molar-refractivity contribution in [3.8, 4) is 0 Å². The maximum absolute atomic E-state index is 3.42. The van der Waals surface area contributed by atoms with E-state index in [1.807, 2.05) is 0 Å². The van der Waals surface area contributed by atoms with Gasteiger partial charge in [0, 0.05) is 5.54 Å². The molecule has 56 valence electrons. The Morgan fingerprint density at radius 1 is 1.20 bits per heavy atom. The largest absolute Gasteiger partial charge is 0.340 e. The van der Waals surface area contributed by atoms with Crippen LogP contribution in [-0.2, 0) is 0 Å². The molecule has 0 atom stereocenters. The summed E-state index contributed by atoms with van der Waals surface area (Å²) >= 11 is 0. The summed E-state index contributed by atoms with van der Waals surface area (Å²) in [5.41, 5.74) is 0.692. The Morgan fingerprint density at radius 2 is 1.70 bits per heavy atom. The fourth-order valence-electron chi connectivity index (χ4n) is 1.08. The molecule has 1 aliphatic rings. The summed E-state index contributed by atoms with van der Waals surface area (Å²) in [6.07, 6.45) is 8.83. The van der Waals surface area contributed by atoms with Crippen molar-refractivity contribution in [1.29, 1.82) is 0 Å². The molecule has 0 bridgehead atoms. The van der Waals surface area contributed by atoms with Gasteiger partial charge in [-0.3, -0.25) is 0 Å². The highest BCUT2D eigenvalue weighted by Crippen LogP contribution is 2.25. The van der Waals surface area contributed by atoms with Gasteiger partial charge in [-0.1, -0.05) is 37.4 Å². The van der Waals surface area contributed by atoms with Crippen molar-refractivity contribution < 1.29 is 0 Å². The minimum absolute atomic E-state index is 0.692. The van der Waals surface area contributed by atoms with Crippen LogP contribution in [-0.4, -0.2) is 15.3 Å². The van der Waals surface area contributed by atoms with E-state index in [0.717, 1.165) is 0 Å². The average molecular weight is 153 g/mol. The molecule has 0 amide bonds.